The Morgan fingerprint density at radius 2 is 1.50 bits per heavy atom. The highest BCUT2D eigenvalue weighted by molar-refractivity contribution is 7.85. The van der Waals surface area contributed by atoms with Crippen LogP contribution in [0.3, 0.4) is 0 Å². The standard InChI is InChI=1S/C12H24O3S/c1-12(2)10-8-6-4-3-5-7-9-11-16(13,14)15/h10H,3-9,11H2,1-2H3,(H,13,14,15). The Labute approximate surface area is 99.7 Å². The molecule has 96 valence electrons. The van der Waals surface area contributed by atoms with E-state index in [1.54, 1.807) is 0 Å². The van der Waals surface area contributed by atoms with E-state index in [4.69, 9.17) is 4.55 Å². The van der Waals surface area contributed by atoms with E-state index in [1.807, 2.05) is 0 Å². The van der Waals surface area contributed by atoms with Gasteiger partial charge in [-0.1, -0.05) is 37.3 Å². The van der Waals surface area contributed by atoms with Crippen LogP contribution in [0.1, 0.15) is 58.8 Å². The molecule has 3 nitrogen and oxygen atoms in total. The van der Waals surface area contributed by atoms with Crippen molar-refractivity contribution in [3.05, 3.63) is 11.6 Å². The van der Waals surface area contributed by atoms with Crippen LogP contribution in [0.5, 0.6) is 0 Å². The number of rotatable bonds is 9. The minimum Gasteiger partial charge on any atom is -0.286 e. The molecule has 0 heterocycles. The second kappa shape index (κ2) is 8.76. The minimum atomic E-state index is -3.74. The van der Waals surface area contributed by atoms with Gasteiger partial charge < -0.3 is 0 Å². The second-order valence-corrected chi connectivity index (χ2v) is 6.05. The first-order chi connectivity index (χ1) is 7.42. The molecule has 0 saturated carbocycles. The predicted molar refractivity (Wildman–Crippen MR) is 68.2 cm³/mol. The number of allylic oxidation sites excluding steroid dienone is 2. The van der Waals surface area contributed by atoms with E-state index in [-0.39, 0.29) is 5.75 Å². The first kappa shape index (κ1) is 15.7. The van der Waals surface area contributed by atoms with Crippen molar-refractivity contribution in [2.75, 3.05) is 5.75 Å². The summed E-state index contributed by atoms with van der Waals surface area (Å²) in [5.41, 5.74) is 1.37. The molecule has 16 heavy (non-hydrogen) atoms. The molecule has 0 aliphatic rings. The Hall–Kier alpha value is -0.350. The van der Waals surface area contributed by atoms with E-state index in [0.29, 0.717) is 6.42 Å². The third kappa shape index (κ3) is 13.7. The quantitative estimate of drug-likeness (QED) is 0.385. The summed E-state index contributed by atoms with van der Waals surface area (Å²) in [6, 6.07) is 0. The van der Waals surface area contributed by atoms with Gasteiger partial charge in [-0.2, -0.15) is 8.42 Å². The molecule has 0 aromatic carbocycles. The largest absolute Gasteiger partial charge is 0.286 e. The number of hydrogen-bond donors (Lipinski definition) is 1. The predicted octanol–water partition coefficient (Wildman–Crippen LogP) is 3.57. The first-order valence-electron chi connectivity index (χ1n) is 6.00. The summed E-state index contributed by atoms with van der Waals surface area (Å²) in [6.45, 7) is 4.21. The topological polar surface area (TPSA) is 54.4 Å². The van der Waals surface area contributed by atoms with E-state index in [9.17, 15) is 8.42 Å². The van der Waals surface area contributed by atoms with E-state index in [1.165, 1.54) is 18.4 Å². The molecule has 0 saturated heterocycles. The van der Waals surface area contributed by atoms with Crippen LogP contribution in [0.15, 0.2) is 11.6 Å². The fourth-order valence-electron chi connectivity index (χ4n) is 1.53. The van der Waals surface area contributed by atoms with Gasteiger partial charge in [0.15, 0.2) is 0 Å². The lowest BCUT2D eigenvalue weighted by atomic mass is 10.1. The van der Waals surface area contributed by atoms with E-state index < -0.39 is 10.1 Å². The zero-order valence-electron chi connectivity index (χ0n) is 10.4. The van der Waals surface area contributed by atoms with Crippen LogP contribution in [-0.4, -0.2) is 18.7 Å². The molecule has 0 fully saturated rings. The fraction of sp³-hybridized carbons (Fsp3) is 0.833. The molecular weight excluding hydrogens is 224 g/mol. The molecule has 0 rings (SSSR count). The molecule has 0 amide bonds. The van der Waals surface area contributed by atoms with Crippen LogP contribution in [0.25, 0.3) is 0 Å². The van der Waals surface area contributed by atoms with Gasteiger partial charge in [-0.3, -0.25) is 4.55 Å². The third-order valence-corrected chi connectivity index (χ3v) is 3.21. The van der Waals surface area contributed by atoms with Crippen LogP contribution in [0, 0.1) is 0 Å². The number of unbranched alkanes of at least 4 members (excludes halogenated alkanes) is 6. The van der Waals surface area contributed by atoms with Gasteiger partial charge in [0.25, 0.3) is 10.1 Å². The summed E-state index contributed by atoms with van der Waals surface area (Å²) in [6.07, 6.45) is 9.49. The lowest BCUT2D eigenvalue weighted by molar-refractivity contribution is 0.478. The lowest BCUT2D eigenvalue weighted by Crippen LogP contribution is -2.03. The third-order valence-electron chi connectivity index (χ3n) is 2.41. The van der Waals surface area contributed by atoms with Gasteiger partial charge >= 0.3 is 0 Å². The van der Waals surface area contributed by atoms with Crippen molar-refractivity contribution in [3.8, 4) is 0 Å². The first-order valence-corrected chi connectivity index (χ1v) is 7.61. The van der Waals surface area contributed by atoms with Crippen molar-refractivity contribution in [1.82, 2.24) is 0 Å². The molecule has 0 bridgehead atoms. The molecule has 0 aromatic heterocycles. The average Bonchev–Trinajstić information content (AvgIpc) is 2.13. The van der Waals surface area contributed by atoms with Crippen molar-refractivity contribution in [1.29, 1.82) is 0 Å². The van der Waals surface area contributed by atoms with Crippen LogP contribution >= 0.6 is 0 Å². The Morgan fingerprint density at radius 3 is 2.00 bits per heavy atom. The molecule has 1 N–H and O–H groups in total. The second-order valence-electron chi connectivity index (χ2n) is 4.48. The molecule has 0 atom stereocenters. The van der Waals surface area contributed by atoms with Crippen molar-refractivity contribution >= 4 is 10.1 Å². The maximum absolute atomic E-state index is 10.4. The lowest BCUT2D eigenvalue weighted by Gasteiger charge is -2.00. The molecular formula is C12H24O3S. The Bertz CT molecular complexity index is 287. The van der Waals surface area contributed by atoms with Gasteiger partial charge in [0.05, 0.1) is 5.75 Å². The van der Waals surface area contributed by atoms with Crippen LogP contribution in [0.4, 0.5) is 0 Å². The Morgan fingerprint density at radius 1 is 1.00 bits per heavy atom. The minimum absolute atomic E-state index is 0.0925. The van der Waals surface area contributed by atoms with Crippen molar-refractivity contribution < 1.29 is 13.0 Å². The summed E-state index contributed by atoms with van der Waals surface area (Å²) < 4.78 is 29.3. The van der Waals surface area contributed by atoms with Crippen molar-refractivity contribution in [3.63, 3.8) is 0 Å². The zero-order chi connectivity index (χ0) is 12.4. The molecule has 0 aromatic rings. The summed E-state index contributed by atoms with van der Waals surface area (Å²) in [7, 11) is -3.74. The molecule has 0 radical (unpaired) electrons. The van der Waals surface area contributed by atoms with Gasteiger partial charge in [-0.05, 0) is 33.1 Å². The summed E-state index contributed by atoms with van der Waals surface area (Å²) >= 11 is 0. The fourth-order valence-corrected chi connectivity index (χ4v) is 2.10. The normalized spacial score (nSPS) is 11.4. The van der Waals surface area contributed by atoms with Crippen molar-refractivity contribution in [2.24, 2.45) is 0 Å². The van der Waals surface area contributed by atoms with Crippen LogP contribution in [0.2, 0.25) is 0 Å². The molecule has 0 aliphatic heterocycles. The van der Waals surface area contributed by atoms with Crippen LogP contribution < -0.4 is 0 Å². The van der Waals surface area contributed by atoms with Crippen molar-refractivity contribution in [2.45, 2.75) is 58.8 Å². The summed E-state index contributed by atoms with van der Waals surface area (Å²) in [5.74, 6) is -0.0925. The monoisotopic (exact) mass is 248 g/mol. The summed E-state index contributed by atoms with van der Waals surface area (Å²) in [5, 5.41) is 0. The zero-order valence-corrected chi connectivity index (χ0v) is 11.2. The van der Waals surface area contributed by atoms with E-state index in [2.05, 4.69) is 19.9 Å². The smallest absolute Gasteiger partial charge is 0.264 e. The molecule has 0 unspecified atom stereocenters. The van der Waals surface area contributed by atoms with E-state index >= 15 is 0 Å². The maximum atomic E-state index is 10.4. The molecule has 0 aliphatic carbocycles. The average molecular weight is 248 g/mol. The summed E-state index contributed by atoms with van der Waals surface area (Å²) in [4.78, 5) is 0. The van der Waals surface area contributed by atoms with Gasteiger partial charge in [-0.15, -0.1) is 0 Å². The Kier molecular flexibility index (Phi) is 8.57. The highest BCUT2D eigenvalue weighted by Gasteiger charge is 2.02. The highest BCUT2D eigenvalue weighted by atomic mass is 32.2. The van der Waals surface area contributed by atoms with E-state index in [0.717, 1.165) is 25.7 Å². The maximum Gasteiger partial charge on any atom is 0.264 e. The van der Waals surface area contributed by atoms with Gasteiger partial charge in [0.2, 0.25) is 0 Å². The van der Waals surface area contributed by atoms with Gasteiger partial charge in [0.1, 0.15) is 0 Å². The molecule has 4 heteroatoms. The van der Waals surface area contributed by atoms with Crippen LogP contribution in [-0.2, 0) is 10.1 Å². The number of hydrogen-bond acceptors (Lipinski definition) is 2. The SMILES string of the molecule is CC(C)=CCCCCCCCCS(=O)(=O)O. The van der Waals surface area contributed by atoms with Gasteiger partial charge in [-0.25, -0.2) is 0 Å². The Balaban J connectivity index is 3.19. The molecule has 0 spiro atoms. The highest BCUT2D eigenvalue weighted by Crippen LogP contribution is 2.09. The van der Waals surface area contributed by atoms with Gasteiger partial charge in [0, 0.05) is 0 Å².